The van der Waals surface area contributed by atoms with Gasteiger partial charge in [-0.2, -0.15) is 0 Å². The van der Waals surface area contributed by atoms with E-state index in [9.17, 15) is 4.79 Å². The molecule has 6 heteroatoms. The average molecular weight is 339 g/mol. The molecule has 20 heavy (non-hydrogen) atoms. The van der Waals surface area contributed by atoms with E-state index >= 15 is 0 Å². The zero-order chi connectivity index (χ0) is 14.5. The number of carbonyl (C=O) groups excluding carboxylic acids is 1. The van der Waals surface area contributed by atoms with Crippen LogP contribution in [0.25, 0.3) is 0 Å². The number of halogens is 1. The Morgan fingerprint density at radius 3 is 3.00 bits per heavy atom. The number of imidazole rings is 1. The van der Waals surface area contributed by atoms with E-state index in [0.717, 1.165) is 17.4 Å². The lowest BCUT2D eigenvalue weighted by Gasteiger charge is -2.15. The maximum absolute atomic E-state index is 12.3. The Labute approximate surface area is 127 Å². The van der Waals surface area contributed by atoms with Crippen LogP contribution < -0.4 is 5.32 Å². The van der Waals surface area contributed by atoms with Gasteiger partial charge in [0.2, 0.25) is 0 Å². The Kier molecular flexibility index (Phi) is 5.00. The summed E-state index contributed by atoms with van der Waals surface area (Å²) >= 11 is 3.42. The zero-order valence-electron chi connectivity index (χ0n) is 11.7. The minimum Gasteiger partial charge on any atom is -0.347 e. The number of hydrogen-bond acceptors (Lipinski definition) is 2. The lowest BCUT2D eigenvalue weighted by molar-refractivity contribution is 0.0927. The van der Waals surface area contributed by atoms with Crippen molar-refractivity contribution in [1.82, 2.24) is 19.4 Å². The quantitative estimate of drug-likeness (QED) is 0.880. The molecule has 5 nitrogen and oxygen atoms in total. The van der Waals surface area contributed by atoms with E-state index in [1.54, 1.807) is 12.5 Å². The van der Waals surface area contributed by atoms with Gasteiger partial charge in [-0.3, -0.25) is 4.79 Å². The molecule has 0 saturated carbocycles. The molecule has 1 unspecified atom stereocenters. The van der Waals surface area contributed by atoms with Crippen LogP contribution in [0.1, 0.15) is 30.8 Å². The Balaban J connectivity index is 2.00. The zero-order valence-corrected chi connectivity index (χ0v) is 13.3. The van der Waals surface area contributed by atoms with Crippen LogP contribution in [-0.2, 0) is 13.1 Å². The highest BCUT2D eigenvalue weighted by Crippen LogP contribution is 2.15. The van der Waals surface area contributed by atoms with Crippen LogP contribution in [0.15, 0.2) is 35.5 Å². The van der Waals surface area contributed by atoms with Crippen LogP contribution in [0.3, 0.4) is 0 Å². The summed E-state index contributed by atoms with van der Waals surface area (Å²) in [5.41, 5.74) is 0.691. The van der Waals surface area contributed by atoms with Gasteiger partial charge in [-0.05, 0) is 35.3 Å². The SMILES string of the molecule is CCCn1cc(Br)cc1C(=O)NC(C)Cn1ccnc1. The molecule has 0 spiro atoms. The number of amides is 1. The highest BCUT2D eigenvalue weighted by atomic mass is 79.9. The fraction of sp³-hybridized carbons (Fsp3) is 0.429. The molecule has 0 aliphatic carbocycles. The Bertz CT molecular complexity index is 562. The van der Waals surface area contributed by atoms with E-state index in [0.29, 0.717) is 12.2 Å². The predicted octanol–water partition coefficient (Wildman–Crippen LogP) is 2.68. The molecule has 2 aromatic heterocycles. The molecule has 108 valence electrons. The molecule has 1 amide bonds. The van der Waals surface area contributed by atoms with Crippen LogP contribution in [-0.4, -0.2) is 26.1 Å². The Morgan fingerprint density at radius 2 is 2.35 bits per heavy atom. The molecule has 2 heterocycles. The lowest BCUT2D eigenvalue weighted by Crippen LogP contribution is -2.36. The smallest absolute Gasteiger partial charge is 0.268 e. The summed E-state index contributed by atoms with van der Waals surface area (Å²) in [7, 11) is 0. The van der Waals surface area contributed by atoms with Gasteiger partial charge in [-0.25, -0.2) is 4.98 Å². The van der Waals surface area contributed by atoms with Crippen molar-refractivity contribution < 1.29 is 4.79 Å². The maximum Gasteiger partial charge on any atom is 0.268 e. The molecule has 2 rings (SSSR count). The molecule has 2 aromatic rings. The van der Waals surface area contributed by atoms with E-state index in [2.05, 4.69) is 33.2 Å². The lowest BCUT2D eigenvalue weighted by atomic mass is 10.3. The van der Waals surface area contributed by atoms with Gasteiger partial charge < -0.3 is 14.5 Å². The normalized spacial score (nSPS) is 12.3. The van der Waals surface area contributed by atoms with Crippen molar-refractivity contribution in [2.24, 2.45) is 0 Å². The number of carbonyl (C=O) groups is 1. The van der Waals surface area contributed by atoms with E-state index in [1.165, 1.54) is 0 Å². The Hall–Kier alpha value is -1.56. The van der Waals surface area contributed by atoms with E-state index in [-0.39, 0.29) is 11.9 Å². The second-order valence-electron chi connectivity index (χ2n) is 4.87. The molecule has 0 aliphatic rings. The number of rotatable bonds is 6. The molecule has 1 atom stereocenters. The number of aromatic nitrogens is 3. The minimum absolute atomic E-state index is 0.0421. The molecule has 0 aliphatic heterocycles. The number of aryl methyl sites for hydroxylation is 1. The van der Waals surface area contributed by atoms with Crippen LogP contribution in [0.2, 0.25) is 0 Å². The highest BCUT2D eigenvalue weighted by molar-refractivity contribution is 9.10. The minimum atomic E-state index is -0.0447. The number of nitrogens with one attached hydrogen (secondary N) is 1. The summed E-state index contributed by atoms with van der Waals surface area (Å²) in [5, 5.41) is 3.02. The summed E-state index contributed by atoms with van der Waals surface area (Å²) in [6.07, 6.45) is 8.31. The second-order valence-corrected chi connectivity index (χ2v) is 5.79. The molecule has 0 radical (unpaired) electrons. The number of nitrogens with zero attached hydrogens (tertiary/aromatic N) is 3. The van der Waals surface area contributed by atoms with Gasteiger partial charge in [-0.15, -0.1) is 0 Å². The average Bonchev–Trinajstić information content (AvgIpc) is 2.99. The standard InChI is InChI=1S/C14H19BrN4O/c1-3-5-19-9-12(15)7-13(19)14(20)17-11(2)8-18-6-4-16-10-18/h4,6-7,9-11H,3,5,8H2,1-2H3,(H,17,20). The van der Waals surface area contributed by atoms with Crippen molar-refractivity contribution in [2.45, 2.75) is 39.4 Å². The van der Waals surface area contributed by atoms with Gasteiger partial charge >= 0.3 is 0 Å². The first-order valence-corrected chi connectivity index (χ1v) is 7.51. The van der Waals surface area contributed by atoms with Gasteiger partial charge in [0, 0.05) is 42.2 Å². The summed E-state index contributed by atoms with van der Waals surface area (Å²) in [4.78, 5) is 16.3. The van der Waals surface area contributed by atoms with Gasteiger partial charge in [0.25, 0.3) is 5.91 Å². The van der Waals surface area contributed by atoms with Crippen LogP contribution in [0, 0.1) is 0 Å². The maximum atomic E-state index is 12.3. The van der Waals surface area contributed by atoms with Crippen LogP contribution in [0.4, 0.5) is 0 Å². The largest absolute Gasteiger partial charge is 0.347 e. The third kappa shape index (κ3) is 3.72. The molecule has 1 N–H and O–H groups in total. The van der Waals surface area contributed by atoms with Gasteiger partial charge in [0.1, 0.15) is 5.69 Å². The molecule has 0 fully saturated rings. The van der Waals surface area contributed by atoms with Crippen molar-refractivity contribution in [3.8, 4) is 0 Å². The number of hydrogen-bond donors (Lipinski definition) is 1. The third-order valence-corrected chi connectivity index (χ3v) is 3.42. The molecule has 0 bridgehead atoms. The third-order valence-electron chi connectivity index (χ3n) is 2.98. The monoisotopic (exact) mass is 338 g/mol. The van der Waals surface area contributed by atoms with E-state index < -0.39 is 0 Å². The Morgan fingerprint density at radius 1 is 1.55 bits per heavy atom. The molecular formula is C14H19BrN4O. The van der Waals surface area contributed by atoms with Crippen molar-refractivity contribution in [3.63, 3.8) is 0 Å². The first-order chi connectivity index (χ1) is 9.60. The molecule has 0 aromatic carbocycles. The van der Waals surface area contributed by atoms with Gasteiger partial charge in [0.15, 0.2) is 0 Å². The van der Waals surface area contributed by atoms with E-state index in [1.807, 2.05) is 34.5 Å². The van der Waals surface area contributed by atoms with Crippen LogP contribution >= 0.6 is 15.9 Å². The molecular weight excluding hydrogens is 320 g/mol. The second kappa shape index (κ2) is 6.74. The summed E-state index contributed by atoms with van der Waals surface area (Å²) in [6, 6.07) is 1.90. The fourth-order valence-electron chi connectivity index (χ4n) is 2.15. The van der Waals surface area contributed by atoms with Crippen molar-refractivity contribution in [3.05, 3.63) is 41.2 Å². The fourth-order valence-corrected chi connectivity index (χ4v) is 2.61. The van der Waals surface area contributed by atoms with Gasteiger partial charge in [0.05, 0.1) is 6.33 Å². The summed E-state index contributed by atoms with van der Waals surface area (Å²) in [5.74, 6) is -0.0447. The molecule has 0 saturated heterocycles. The first kappa shape index (κ1) is 14.8. The van der Waals surface area contributed by atoms with Gasteiger partial charge in [-0.1, -0.05) is 6.92 Å². The van der Waals surface area contributed by atoms with Crippen molar-refractivity contribution >= 4 is 21.8 Å². The topological polar surface area (TPSA) is 51.9 Å². The summed E-state index contributed by atoms with van der Waals surface area (Å²) in [6.45, 7) is 5.63. The summed E-state index contributed by atoms with van der Waals surface area (Å²) < 4.78 is 4.85. The van der Waals surface area contributed by atoms with E-state index in [4.69, 9.17) is 0 Å². The van der Waals surface area contributed by atoms with Crippen molar-refractivity contribution in [2.75, 3.05) is 0 Å². The highest BCUT2D eigenvalue weighted by Gasteiger charge is 2.15. The first-order valence-electron chi connectivity index (χ1n) is 6.72. The van der Waals surface area contributed by atoms with Crippen molar-refractivity contribution in [1.29, 1.82) is 0 Å². The van der Waals surface area contributed by atoms with Crippen LogP contribution in [0.5, 0.6) is 0 Å². The predicted molar refractivity (Wildman–Crippen MR) is 81.6 cm³/mol.